The van der Waals surface area contributed by atoms with Crippen molar-refractivity contribution in [3.8, 4) is 5.88 Å². The zero-order valence-corrected chi connectivity index (χ0v) is 11.4. The van der Waals surface area contributed by atoms with E-state index in [2.05, 4.69) is 15.3 Å². The molecule has 1 saturated carbocycles. The van der Waals surface area contributed by atoms with E-state index >= 15 is 0 Å². The quantitative estimate of drug-likeness (QED) is 0.746. The zero-order valence-electron chi connectivity index (χ0n) is 11.4. The molecule has 1 aromatic heterocycles. The first kappa shape index (κ1) is 13.9. The first-order valence-corrected chi connectivity index (χ1v) is 6.70. The molecular formula is C13H22N4O2. The Morgan fingerprint density at radius 3 is 2.74 bits per heavy atom. The third-order valence-corrected chi connectivity index (χ3v) is 3.92. The number of nitrogens with two attached hydrogens (primary N) is 1. The maximum Gasteiger partial charge on any atom is 0.242 e. The molecule has 19 heavy (non-hydrogen) atoms. The Morgan fingerprint density at radius 1 is 1.37 bits per heavy atom. The molecule has 6 nitrogen and oxygen atoms in total. The Labute approximate surface area is 113 Å². The fourth-order valence-electron chi connectivity index (χ4n) is 2.65. The first-order valence-electron chi connectivity index (χ1n) is 6.70. The summed E-state index contributed by atoms with van der Waals surface area (Å²) in [6, 6.07) is 0. The molecule has 0 aromatic carbocycles. The smallest absolute Gasteiger partial charge is 0.242 e. The van der Waals surface area contributed by atoms with Crippen LogP contribution in [0.3, 0.4) is 0 Å². The van der Waals surface area contributed by atoms with Crippen molar-refractivity contribution in [2.75, 3.05) is 31.3 Å². The minimum Gasteiger partial charge on any atom is -0.479 e. The van der Waals surface area contributed by atoms with Crippen molar-refractivity contribution < 1.29 is 9.84 Å². The highest BCUT2D eigenvalue weighted by Crippen LogP contribution is 2.36. The molecule has 6 heteroatoms. The van der Waals surface area contributed by atoms with E-state index in [0.717, 1.165) is 12.8 Å². The largest absolute Gasteiger partial charge is 0.479 e. The predicted octanol–water partition coefficient (Wildman–Crippen LogP) is 1.42. The Morgan fingerprint density at radius 2 is 2.11 bits per heavy atom. The fourth-order valence-corrected chi connectivity index (χ4v) is 2.65. The Bertz CT molecular complexity index is 419. The predicted molar refractivity (Wildman–Crippen MR) is 74.1 cm³/mol. The van der Waals surface area contributed by atoms with Gasteiger partial charge in [-0.15, -0.1) is 0 Å². The average molecular weight is 266 g/mol. The minimum atomic E-state index is -0.0527. The highest BCUT2D eigenvalue weighted by atomic mass is 16.5. The molecule has 0 saturated heterocycles. The molecule has 1 heterocycles. The lowest BCUT2D eigenvalue weighted by Gasteiger charge is -2.35. The third-order valence-electron chi connectivity index (χ3n) is 3.92. The SMILES string of the molecule is COc1ncnc(NCC2(CO)CCCCC2)c1N. The van der Waals surface area contributed by atoms with Gasteiger partial charge in [0.05, 0.1) is 13.7 Å². The summed E-state index contributed by atoms with van der Waals surface area (Å²) in [4.78, 5) is 8.07. The molecule has 106 valence electrons. The van der Waals surface area contributed by atoms with Gasteiger partial charge < -0.3 is 20.9 Å². The first-order chi connectivity index (χ1) is 9.21. The Kier molecular flexibility index (Phi) is 4.42. The second-order valence-electron chi connectivity index (χ2n) is 5.22. The standard InChI is InChI=1S/C13H22N4O2/c1-19-12-10(14)11(16-9-17-12)15-7-13(8-18)5-3-2-4-6-13/h9,18H,2-8,14H2,1H3,(H,15,16,17). The number of nitrogens with one attached hydrogen (secondary N) is 1. The molecule has 4 N–H and O–H groups in total. The molecule has 0 bridgehead atoms. The molecule has 0 radical (unpaired) electrons. The summed E-state index contributed by atoms with van der Waals surface area (Å²) >= 11 is 0. The van der Waals surface area contributed by atoms with E-state index in [1.807, 2.05) is 0 Å². The molecule has 1 fully saturated rings. The van der Waals surface area contributed by atoms with E-state index in [1.165, 1.54) is 32.7 Å². The number of aliphatic hydroxyl groups is 1. The van der Waals surface area contributed by atoms with E-state index in [4.69, 9.17) is 10.5 Å². The topological polar surface area (TPSA) is 93.3 Å². The maximum atomic E-state index is 9.66. The number of hydrogen-bond acceptors (Lipinski definition) is 6. The minimum absolute atomic E-state index is 0.0527. The van der Waals surface area contributed by atoms with E-state index < -0.39 is 0 Å². The molecule has 1 aromatic rings. The summed E-state index contributed by atoms with van der Waals surface area (Å²) < 4.78 is 5.06. The van der Waals surface area contributed by atoms with Crippen LogP contribution in [0.1, 0.15) is 32.1 Å². The van der Waals surface area contributed by atoms with Crippen LogP contribution in [0.15, 0.2) is 6.33 Å². The van der Waals surface area contributed by atoms with Gasteiger partial charge in [-0.2, -0.15) is 4.98 Å². The van der Waals surface area contributed by atoms with Crippen LogP contribution in [-0.4, -0.2) is 35.3 Å². The molecular weight excluding hydrogens is 244 g/mol. The van der Waals surface area contributed by atoms with Crippen molar-refractivity contribution in [2.45, 2.75) is 32.1 Å². The van der Waals surface area contributed by atoms with Crippen LogP contribution in [0, 0.1) is 5.41 Å². The molecule has 0 unspecified atom stereocenters. The molecule has 0 atom stereocenters. The normalized spacial score (nSPS) is 18.0. The van der Waals surface area contributed by atoms with Gasteiger partial charge in [-0.1, -0.05) is 19.3 Å². The highest BCUT2D eigenvalue weighted by molar-refractivity contribution is 5.66. The molecule has 2 rings (SSSR count). The van der Waals surface area contributed by atoms with Gasteiger partial charge in [0.15, 0.2) is 5.82 Å². The number of rotatable bonds is 5. The summed E-state index contributed by atoms with van der Waals surface area (Å²) in [5, 5.41) is 12.9. The van der Waals surface area contributed by atoms with Crippen molar-refractivity contribution >= 4 is 11.5 Å². The van der Waals surface area contributed by atoms with Crippen LogP contribution in [0.5, 0.6) is 5.88 Å². The van der Waals surface area contributed by atoms with Crippen LogP contribution in [0.4, 0.5) is 11.5 Å². The fraction of sp³-hybridized carbons (Fsp3) is 0.692. The van der Waals surface area contributed by atoms with Crippen molar-refractivity contribution in [1.82, 2.24) is 9.97 Å². The number of anilines is 2. The van der Waals surface area contributed by atoms with Gasteiger partial charge in [0, 0.05) is 12.0 Å². The van der Waals surface area contributed by atoms with Gasteiger partial charge in [0.25, 0.3) is 0 Å². The van der Waals surface area contributed by atoms with Crippen LogP contribution < -0.4 is 15.8 Å². The maximum absolute atomic E-state index is 9.66. The Hall–Kier alpha value is -1.56. The van der Waals surface area contributed by atoms with Crippen LogP contribution in [0.2, 0.25) is 0 Å². The summed E-state index contributed by atoms with van der Waals surface area (Å²) in [7, 11) is 1.53. The lowest BCUT2D eigenvalue weighted by atomic mass is 9.74. The van der Waals surface area contributed by atoms with Crippen molar-refractivity contribution in [3.63, 3.8) is 0 Å². The van der Waals surface area contributed by atoms with Gasteiger partial charge in [-0.3, -0.25) is 0 Å². The summed E-state index contributed by atoms with van der Waals surface area (Å²) in [6.07, 6.45) is 7.10. The molecule has 1 aliphatic rings. The number of aromatic nitrogens is 2. The number of ether oxygens (including phenoxy) is 1. The Balaban J connectivity index is 2.05. The highest BCUT2D eigenvalue weighted by Gasteiger charge is 2.31. The van der Waals surface area contributed by atoms with Gasteiger partial charge in [-0.25, -0.2) is 4.98 Å². The van der Waals surface area contributed by atoms with Gasteiger partial charge >= 0.3 is 0 Å². The van der Waals surface area contributed by atoms with Crippen molar-refractivity contribution in [2.24, 2.45) is 5.41 Å². The summed E-state index contributed by atoms with van der Waals surface area (Å²) in [6.45, 7) is 0.871. The van der Waals surface area contributed by atoms with E-state index in [0.29, 0.717) is 23.9 Å². The molecule has 0 amide bonds. The zero-order chi connectivity index (χ0) is 13.7. The van der Waals surface area contributed by atoms with E-state index in [1.54, 1.807) is 0 Å². The number of aliphatic hydroxyl groups excluding tert-OH is 1. The monoisotopic (exact) mass is 266 g/mol. The lowest BCUT2D eigenvalue weighted by molar-refractivity contribution is 0.0943. The molecule has 1 aliphatic carbocycles. The van der Waals surface area contributed by atoms with Gasteiger partial charge in [-0.05, 0) is 12.8 Å². The van der Waals surface area contributed by atoms with Crippen molar-refractivity contribution in [1.29, 1.82) is 0 Å². The van der Waals surface area contributed by atoms with Crippen LogP contribution in [-0.2, 0) is 0 Å². The summed E-state index contributed by atoms with van der Waals surface area (Å²) in [5.74, 6) is 0.949. The number of methoxy groups -OCH3 is 1. The number of nitrogens with zero attached hydrogens (tertiary/aromatic N) is 2. The average Bonchev–Trinajstić information content (AvgIpc) is 2.47. The van der Waals surface area contributed by atoms with Crippen molar-refractivity contribution in [3.05, 3.63) is 6.33 Å². The van der Waals surface area contributed by atoms with E-state index in [9.17, 15) is 5.11 Å². The molecule has 0 aliphatic heterocycles. The lowest BCUT2D eigenvalue weighted by Crippen LogP contribution is -2.35. The van der Waals surface area contributed by atoms with Crippen LogP contribution in [0.25, 0.3) is 0 Å². The second-order valence-corrected chi connectivity index (χ2v) is 5.22. The molecule has 0 spiro atoms. The summed E-state index contributed by atoms with van der Waals surface area (Å²) in [5.41, 5.74) is 6.28. The van der Waals surface area contributed by atoms with E-state index in [-0.39, 0.29) is 12.0 Å². The third kappa shape index (κ3) is 3.07. The second kappa shape index (κ2) is 6.06. The van der Waals surface area contributed by atoms with Crippen LogP contribution >= 0.6 is 0 Å². The van der Waals surface area contributed by atoms with Gasteiger partial charge in [0.2, 0.25) is 5.88 Å². The number of nitrogen functional groups attached to an aromatic ring is 1. The number of hydrogen-bond donors (Lipinski definition) is 3. The van der Waals surface area contributed by atoms with Gasteiger partial charge in [0.1, 0.15) is 12.0 Å².